The molecule has 0 bridgehead atoms. The van der Waals surface area contributed by atoms with Crippen LogP contribution in [0.2, 0.25) is 0 Å². The number of piperidine rings is 1. The molecule has 1 aliphatic heterocycles. The summed E-state index contributed by atoms with van der Waals surface area (Å²) >= 11 is 1.34. The lowest BCUT2D eigenvalue weighted by molar-refractivity contribution is -0.134. The number of amides is 1. The second-order valence-corrected chi connectivity index (χ2v) is 7.70. The van der Waals surface area contributed by atoms with Gasteiger partial charge in [0.2, 0.25) is 11.1 Å². The minimum absolute atomic E-state index is 0.143. The van der Waals surface area contributed by atoms with Crippen LogP contribution in [0.15, 0.2) is 29.4 Å². The van der Waals surface area contributed by atoms with Crippen LogP contribution in [0.4, 0.5) is 0 Å². The molecule has 25 heavy (non-hydrogen) atoms. The Labute approximate surface area is 152 Å². The molecule has 2 aromatic rings. The first-order chi connectivity index (χ1) is 12.0. The maximum absolute atomic E-state index is 12.6. The van der Waals surface area contributed by atoms with Gasteiger partial charge in [0, 0.05) is 17.6 Å². The Bertz CT molecular complexity index is 732. The molecule has 0 aliphatic carbocycles. The van der Waals surface area contributed by atoms with E-state index in [1.54, 1.807) is 0 Å². The first-order valence-corrected chi connectivity index (χ1v) is 9.67. The molecule has 1 saturated heterocycles. The number of nitrogens with two attached hydrogens (primary N) is 1. The lowest BCUT2D eigenvalue weighted by Gasteiger charge is -2.39. The molecule has 0 spiro atoms. The van der Waals surface area contributed by atoms with Crippen molar-refractivity contribution in [2.24, 2.45) is 0 Å². The summed E-state index contributed by atoms with van der Waals surface area (Å²) in [6, 6.07) is 8.57. The van der Waals surface area contributed by atoms with Crippen molar-refractivity contribution in [1.82, 2.24) is 19.8 Å². The average Bonchev–Trinajstić information content (AvgIpc) is 2.94. The SMILES string of the molecule is Cc1ccc(-c2nnc(SCC(=O)N3C(C)CCCC3C)n2N)cc1. The minimum atomic E-state index is 0.143. The van der Waals surface area contributed by atoms with Gasteiger partial charge in [0.1, 0.15) is 0 Å². The topological polar surface area (TPSA) is 77.0 Å². The first kappa shape index (κ1) is 17.8. The van der Waals surface area contributed by atoms with E-state index in [9.17, 15) is 4.79 Å². The van der Waals surface area contributed by atoms with Crippen molar-refractivity contribution in [2.75, 3.05) is 11.6 Å². The van der Waals surface area contributed by atoms with Crippen molar-refractivity contribution in [3.63, 3.8) is 0 Å². The number of nitrogen functional groups attached to an aromatic ring is 1. The normalized spacial score (nSPS) is 20.7. The number of aryl methyl sites for hydroxylation is 1. The maximum Gasteiger partial charge on any atom is 0.233 e. The van der Waals surface area contributed by atoms with Crippen LogP contribution in [0.1, 0.15) is 38.7 Å². The predicted octanol–water partition coefficient (Wildman–Crippen LogP) is 2.85. The zero-order valence-electron chi connectivity index (χ0n) is 15.0. The number of likely N-dealkylation sites (tertiary alicyclic amines) is 1. The fraction of sp³-hybridized carbons (Fsp3) is 0.500. The van der Waals surface area contributed by atoms with Crippen molar-refractivity contribution in [3.05, 3.63) is 29.8 Å². The summed E-state index contributed by atoms with van der Waals surface area (Å²) in [6.07, 6.45) is 3.34. The van der Waals surface area contributed by atoms with E-state index in [1.807, 2.05) is 36.1 Å². The Balaban J connectivity index is 1.68. The molecule has 0 saturated carbocycles. The molecule has 1 aromatic carbocycles. The third kappa shape index (κ3) is 3.81. The van der Waals surface area contributed by atoms with Crippen LogP contribution in [0.5, 0.6) is 0 Å². The van der Waals surface area contributed by atoms with Gasteiger partial charge in [0.15, 0.2) is 5.82 Å². The Morgan fingerprint density at radius 1 is 1.20 bits per heavy atom. The predicted molar refractivity (Wildman–Crippen MR) is 101 cm³/mol. The molecule has 7 heteroatoms. The summed E-state index contributed by atoms with van der Waals surface area (Å²) in [7, 11) is 0. The number of hydrogen-bond acceptors (Lipinski definition) is 5. The van der Waals surface area contributed by atoms with E-state index in [-0.39, 0.29) is 5.91 Å². The number of rotatable bonds is 4. The van der Waals surface area contributed by atoms with Gasteiger partial charge in [-0.15, -0.1) is 10.2 Å². The van der Waals surface area contributed by atoms with Crippen LogP contribution < -0.4 is 5.84 Å². The van der Waals surface area contributed by atoms with Crippen molar-refractivity contribution in [3.8, 4) is 11.4 Å². The fourth-order valence-electron chi connectivity index (χ4n) is 3.39. The third-order valence-corrected chi connectivity index (χ3v) is 5.71. The van der Waals surface area contributed by atoms with Crippen molar-refractivity contribution < 1.29 is 4.79 Å². The van der Waals surface area contributed by atoms with Crippen LogP contribution in [0, 0.1) is 6.92 Å². The number of carbonyl (C=O) groups excluding carboxylic acids is 1. The fourth-order valence-corrected chi connectivity index (χ4v) is 4.11. The van der Waals surface area contributed by atoms with Gasteiger partial charge in [-0.1, -0.05) is 41.6 Å². The molecule has 1 aromatic heterocycles. The van der Waals surface area contributed by atoms with Crippen LogP contribution >= 0.6 is 11.8 Å². The molecule has 134 valence electrons. The highest BCUT2D eigenvalue weighted by Crippen LogP contribution is 2.26. The second kappa shape index (κ2) is 7.47. The molecule has 0 radical (unpaired) electrons. The van der Waals surface area contributed by atoms with Crippen molar-refractivity contribution in [1.29, 1.82) is 0 Å². The number of hydrogen-bond donors (Lipinski definition) is 1. The van der Waals surface area contributed by atoms with Gasteiger partial charge < -0.3 is 10.7 Å². The van der Waals surface area contributed by atoms with Crippen LogP contribution in [0.3, 0.4) is 0 Å². The molecule has 2 atom stereocenters. The van der Waals surface area contributed by atoms with Crippen LogP contribution in [-0.2, 0) is 4.79 Å². The van der Waals surface area contributed by atoms with E-state index in [2.05, 4.69) is 24.0 Å². The maximum atomic E-state index is 12.6. The smallest absolute Gasteiger partial charge is 0.233 e. The summed E-state index contributed by atoms with van der Waals surface area (Å²) in [5.74, 6) is 7.22. The zero-order chi connectivity index (χ0) is 18.0. The van der Waals surface area contributed by atoms with Gasteiger partial charge in [0.05, 0.1) is 5.75 Å². The van der Waals surface area contributed by atoms with Gasteiger partial charge in [-0.3, -0.25) is 4.79 Å². The van der Waals surface area contributed by atoms with Crippen LogP contribution in [-0.4, -0.2) is 43.5 Å². The molecule has 2 heterocycles. The standard InChI is InChI=1S/C18H25N5OS/c1-12-7-9-15(10-8-12)17-20-21-18(23(17)19)25-11-16(24)22-13(2)5-4-6-14(22)3/h7-10,13-14H,4-6,11,19H2,1-3H3. The van der Waals surface area contributed by atoms with E-state index >= 15 is 0 Å². The van der Waals surface area contributed by atoms with E-state index in [1.165, 1.54) is 28.4 Å². The Hall–Kier alpha value is -2.02. The highest BCUT2D eigenvalue weighted by atomic mass is 32.2. The first-order valence-electron chi connectivity index (χ1n) is 8.69. The minimum Gasteiger partial charge on any atom is -0.337 e. The van der Waals surface area contributed by atoms with Crippen LogP contribution in [0.25, 0.3) is 11.4 Å². The molecule has 1 aliphatic rings. The largest absolute Gasteiger partial charge is 0.337 e. The summed E-state index contributed by atoms with van der Waals surface area (Å²) in [5, 5.41) is 8.88. The number of benzene rings is 1. The van der Waals surface area contributed by atoms with Gasteiger partial charge in [-0.2, -0.15) is 0 Å². The molecule has 1 amide bonds. The van der Waals surface area contributed by atoms with E-state index in [0.29, 0.717) is 28.8 Å². The summed E-state index contributed by atoms with van der Waals surface area (Å²) in [4.78, 5) is 14.6. The number of nitrogens with zero attached hydrogens (tertiary/aromatic N) is 4. The van der Waals surface area contributed by atoms with Gasteiger partial charge in [-0.05, 0) is 40.0 Å². The summed E-state index contributed by atoms with van der Waals surface area (Å²) in [6.45, 7) is 6.28. The number of carbonyl (C=O) groups is 1. The second-order valence-electron chi connectivity index (χ2n) is 6.76. The molecule has 6 nitrogen and oxygen atoms in total. The Morgan fingerprint density at radius 2 is 1.84 bits per heavy atom. The lowest BCUT2D eigenvalue weighted by atomic mass is 9.98. The Kier molecular flexibility index (Phi) is 5.32. The van der Waals surface area contributed by atoms with Crippen molar-refractivity contribution in [2.45, 2.75) is 57.3 Å². The van der Waals surface area contributed by atoms with Crippen molar-refractivity contribution >= 4 is 17.7 Å². The number of thioether (sulfide) groups is 1. The monoisotopic (exact) mass is 359 g/mol. The van der Waals surface area contributed by atoms with Gasteiger partial charge in [-0.25, -0.2) is 4.68 Å². The molecule has 1 fully saturated rings. The molecule has 2 N–H and O–H groups in total. The Morgan fingerprint density at radius 3 is 2.48 bits per heavy atom. The van der Waals surface area contributed by atoms with E-state index in [0.717, 1.165) is 18.4 Å². The quantitative estimate of drug-likeness (QED) is 0.671. The summed E-state index contributed by atoms with van der Waals surface area (Å²) < 4.78 is 1.46. The molecule has 2 unspecified atom stereocenters. The molecular formula is C18H25N5OS. The highest BCUT2D eigenvalue weighted by Gasteiger charge is 2.29. The molecule has 3 rings (SSSR count). The van der Waals surface area contributed by atoms with Gasteiger partial charge >= 0.3 is 0 Å². The lowest BCUT2D eigenvalue weighted by Crippen LogP contribution is -2.48. The summed E-state index contributed by atoms with van der Waals surface area (Å²) in [5.41, 5.74) is 2.09. The zero-order valence-corrected chi connectivity index (χ0v) is 15.8. The van der Waals surface area contributed by atoms with Gasteiger partial charge in [0.25, 0.3) is 0 Å². The van der Waals surface area contributed by atoms with E-state index < -0.39 is 0 Å². The average molecular weight is 359 g/mol. The number of aromatic nitrogens is 3. The molecular weight excluding hydrogens is 334 g/mol. The third-order valence-electron chi connectivity index (χ3n) is 4.78. The van der Waals surface area contributed by atoms with E-state index in [4.69, 9.17) is 5.84 Å². The highest BCUT2D eigenvalue weighted by molar-refractivity contribution is 7.99.